The van der Waals surface area contributed by atoms with Crippen molar-refractivity contribution >= 4 is 11.8 Å². The smallest absolute Gasteiger partial charge is 0.410 e. The molecule has 88 valence electrons. The monoisotopic (exact) mass is 222 g/mol. The zero-order chi connectivity index (χ0) is 12.3. The molecule has 0 bridgehead atoms. The van der Waals surface area contributed by atoms with Crippen LogP contribution in [0.25, 0.3) is 0 Å². The third kappa shape index (κ3) is 3.81. The lowest BCUT2D eigenvalue weighted by Gasteiger charge is -2.20. The van der Waals surface area contributed by atoms with Crippen LogP contribution in [0, 0.1) is 6.92 Å². The molecule has 3 N–H and O–H groups in total. The molecule has 0 heterocycles. The number of hydrogen-bond donors (Lipinski definition) is 2. The minimum Gasteiger partial charge on any atom is -0.410 e. The highest BCUT2D eigenvalue weighted by Gasteiger charge is 2.15. The molecule has 0 atom stereocenters. The fraction of sp³-hybridized carbons (Fsp3) is 0.417. The molecule has 0 fully saturated rings. The van der Waals surface area contributed by atoms with Crippen molar-refractivity contribution in [3.63, 3.8) is 0 Å². The summed E-state index contributed by atoms with van der Waals surface area (Å²) >= 11 is 0. The van der Waals surface area contributed by atoms with Crippen molar-refractivity contribution in [3.05, 3.63) is 23.8 Å². The molecule has 0 aliphatic rings. The summed E-state index contributed by atoms with van der Waals surface area (Å²) in [5.74, 6) is 0.524. The maximum Gasteiger partial charge on any atom is 0.413 e. The summed E-state index contributed by atoms with van der Waals surface area (Å²) in [6, 6.07) is 5.15. The zero-order valence-electron chi connectivity index (χ0n) is 10.1. The summed E-state index contributed by atoms with van der Waals surface area (Å²) in [5.41, 5.74) is 6.79. The van der Waals surface area contributed by atoms with Crippen molar-refractivity contribution in [2.45, 2.75) is 33.2 Å². The van der Waals surface area contributed by atoms with E-state index in [1.807, 2.05) is 27.7 Å². The number of anilines is 1. The van der Waals surface area contributed by atoms with Gasteiger partial charge in [0.25, 0.3) is 0 Å². The average Bonchev–Trinajstić information content (AvgIpc) is 2.06. The third-order valence-corrected chi connectivity index (χ3v) is 1.88. The largest absolute Gasteiger partial charge is 0.413 e. The van der Waals surface area contributed by atoms with E-state index in [0.29, 0.717) is 11.4 Å². The lowest BCUT2D eigenvalue weighted by Crippen LogP contribution is -2.42. The molecule has 4 nitrogen and oxygen atoms in total. The van der Waals surface area contributed by atoms with Crippen molar-refractivity contribution in [1.29, 1.82) is 0 Å². The maximum atomic E-state index is 11.5. The van der Waals surface area contributed by atoms with Crippen LogP contribution in [0.3, 0.4) is 0 Å². The molecular weight excluding hydrogens is 204 g/mol. The molecule has 16 heavy (non-hydrogen) atoms. The molecule has 0 unspecified atom stereocenters. The van der Waals surface area contributed by atoms with Gasteiger partial charge in [-0.1, -0.05) is 0 Å². The molecule has 0 aliphatic heterocycles. The summed E-state index contributed by atoms with van der Waals surface area (Å²) in [7, 11) is 0. The van der Waals surface area contributed by atoms with Gasteiger partial charge in [0.15, 0.2) is 0 Å². The first-order valence-corrected chi connectivity index (χ1v) is 5.14. The zero-order valence-corrected chi connectivity index (χ0v) is 10.1. The first-order valence-electron chi connectivity index (χ1n) is 5.14. The number of hydrogen-bond acceptors (Lipinski definition) is 3. The second-order valence-corrected chi connectivity index (χ2v) is 4.79. The van der Waals surface area contributed by atoms with Crippen LogP contribution >= 0.6 is 0 Å². The van der Waals surface area contributed by atoms with Crippen molar-refractivity contribution in [2.24, 2.45) is 0 Å². The van der Waals surface area contributed by atoms with E-state index in [4.69, 9.17) is 10.5 Å². The van der Waals surface area contributed by atoms with Crippen molar-refractivity contribution in [1.82, 2.24) is 5.32 Å². The number of nitrogens with two attached hydrogens (primary N) is 1. The quantitative estimate of drug-likeness (QED) is 0.717. The van der Waals surface area contributed by atoms with Crippen LogP contribution in [-0.4, -0.2) is 11.6 Å². The molecule has 0 saturated carbocycles. The van der Waals surface area contributed by atoms with Gasteiger partial charge in [-0.2, -0.15) is 0 Å². The number of benzene rings is 1. The summed E-state index contributed by atoms with van der Waals surface area (Å²) in [5, 5.41) is 2.72. The van der Waals surface area contributed by atoms with Crippen LogP contribution in [-0.2, 0) is 0 Å². The van der Waals surface area contributed by atoms with Gasteiger partial charge in [-0.05, 0) is 51.5 Å². The Morgan fingerprint density at radius 3 is 2.50 bits per heavy atom. The molecular formula is C12H18N2O2. The van der Waals surface area contributed by atoms with E-state index in [1.54, 1.807) is 18.2 Å². The Kier molecular flexibility index (Phi) is 3.42. The lowest BCUT2D eigenvalue weighted by atomic mass is 10.1. The van der Waals surface area contributed by atoms with Crippen LogP contribution in [0.4, 0.5) is 10.5 Å². The van der Waals surface area contributed by atoms with Crippen LogP contribution < -0.4 is 15.8 Å². The standard InChI is InChI=1S/C12H18N2O2/c1-8-7-9(13)5-6-10(8)16-11(15)14-12(2,3)4/h5-7H,13H2,1-4H3,(H,14,15). The summed E-state index contributed by atoms with van der Waals surface area (Å²) < 4.78 is 5.17. The molecule has 0 aromatic heterocycles. The first kappa shape index (κ1) is 12.4. The second kappa shape index (κ2) is 4.43. The van der Waals surface area contributed by atoms with E-state index in [9.17, 15) is 4.79 Å². The molecule has 1 aromatic carbocycles. The van der Waals surface area contributed by atoms with E-state index in [0.717, 1.165) is 5.56 Å². The highest BCUT2D eigenvalue weighted by atomic mass is 16.6. The molecule has 1 aromatic rings. The molecule has 1 amide bonds. The van der Waals surface area contributed by atoms with Gasteiger partial charge in [0, 0.05) is 11.2 Å². The van der Waals surface area contributed by atoms with E-state index in [2.05, 4.69) is 5.32 Å². The number of amides is 1. The minimum atomic E-state index is -0.458. The molecule has 0 aliphatic carbocycles. The van der Waals surface area contributed by atoms with Gasteiger partial charge in [-0.3, -0.25) is 0 Å². The van der Waals surface area contributed by atoms with Gasteiger partial charge >= 0.3 is 6.09 Å². The Morgan fingerprint density at radius 2 is 2.00 bits per heavy atom. The third-order valence-electron chi connectivity index (χ3n) is 1.88. The van der Waals surface area contributed by atoms with Gasteiger partial charge < -0.3 is 15.8 Å². The predicted octanol–water partition coefficient (Wildman–Crippen LogP) is 2.46. The van der Waals surface area contributed by atoms with Gasteiger partial charge in [0.2, 0.25) is 0 Å². The van der Waals surface area contributed by atoms with E-state index < -0.39 is 6.09 Å². The maximum absolute atomic E-state index is 11.5. The number of rotatable bonds is 1. The van der Waals surface area contributed by atoms with Crippen LogP contribution in [0.1, 0.15) is 26.3 Å². The van der Waals surface area contributed by atoms with Gasteiger partial charge in [0.05, 0.1) is 0 Å². The Balaban J connectivity index is 2.70. The SMILES string of the molecule is Cc1cc(N)ccc1OC(=O)NC(C)(C)C. The number of carbonyl (C=O) groups is 1. The normalized spacial score (nSPS) is 11.0. The van der Waals surface area contributed by atoms with Crippen LogP contribution in [0.5, 0.6) is 5.75 Å². The van der Waals surface area contributed by atoms with Gasteiger partial charge in [0.1, 0.15) is 5.75 Å². The summed E-state index contributed by atoms with van der Waals surface area (Å²) in [6.07, 6.45) is -0.458. The number of ether oxygens (including phenoxy) is 1. The number of nitrogen functional groups attached to an aromatic ring is 1. The molecule has 1 rings (SSSR count). The van der Waals surface area contributed by atoms with E-state index >= 15 is 0 Å². The molecule has 0 saturated heterocycles. The Labute approximate surface area is 95.8 Å². The number of carbonyl (C=O) groups excluding carboxylic acids is 1. The fourth-order valence-electron chi connectivity index (χ4n) is 1.22. The van der Waals surface area contributed by atoms with Gasteiger partial charge in [-0.25, -0.2) is 4.79 Å². The van der Waals surface area contributed by atoms with Crippen molar-refractivity contribution in [2.75, 3.05) is 5.73 Å². The van der Waals surface area contributed by atoms with E-state index in [-0.39, 0.29) is 5.54 Å². The summed E-state index contributed by atoms with van der Waals surface area (Å²) in [4.78, 5) is 11.5. The van der Waals surface area contributed by atoms with Gasteiger partial charge in [-0.15, -0.1) is 0 Å². The fourth-order valence-corrected chi connectivity index (χ4v) is 1.22. The Bertz CT molecular complexity index is 394. The first-order chi connectivity index (χ1) is 7.28. The Morgan fingerprint density at radius 1 is 1.38 bits per heavy atom. The van der Waals surface area contributed by atoms with Crippen LogP contribution in [0.15, 0.2) is 18.2 Å². The predicted molar refractivity (Wildman–Crippen MR) is 64.5 cm³/mol. The number of nitrogens with one attached hydrogen (secondary N) is 1. The molecule has 0 spiro atoms. The second-order valence-electron chi connectivity index (χ2n) is 4.79. The average molecular weight is 222 g/mol. The highest BCUT2D eigenvalue weighted by molar-refractivity contribution is 5.71. The van der Waals surface area contributed by atoms with Crippen molar-refractivity contribution < 1.29 is 9.53 Å². The van der Waals surface area contributed by atoms with E-state index in [1.165, 1.54) is 0 Å². The Hall–Kier alpha value is -1.71. The lowest BCUT2D eigenvalue weighted by molar-refractivity contribution is 0.190. The highest BCUT2D eigenvalue weighted by Crippen LogP contribution is 2.20. The minimum absolute atomic E-state index is 0.307. The van der Waals surface area contributed by atoms with Crippen molar-refractivity contribution in [3.8, 4) is 5.75 Å². The molecule has 0 radical (unpaired) electrons. The van der Waals surface area contributed by atoms with Crippen LogP contribution in [0.2, 0.25) is 0 Å². The number of aryl methyl sites for hydroxylation is 1. The molecule has 4 heteroatoms. The summed E-state index contributed by atoms with van der Waals surface area (Å²) in [6.45, 7) is 7.52. The topological polar surface area (TPSA) is 64.3 Å².